The summed E-state index contributed by atoms with van der Waals surface area (Å²) in [7, 11) is 0. The minimum absolute atomic E-state index is 0.0673. The van der Waals surface area contributed by atoms with Crippen molar-refractivity contribution < 1.29 is 29.4 Å². The van der Waals surface area contributed by atoms with Gasteiger partial charge in [-0.2, -0.15) is 0 Å². The molecule has 3 atom stereocenters. The molecule has 9 heteroatoms. The number of nitrogens with one attached hydrogen (secondary N) is 2. The first kappa shape index (κ1) is 23.6. The Labute approximate surface area is 179 Å². The van der Waals surface area contributed by atoms with Gasteiger partial charge in [0.2, 0.25) is 11.8 Å². The Morgan fingerprint density at radius 2 is 1.23 bits per heavy atom. The number of hydrogen-bond donors (Lipinski definition) is 5. The Morgan fingerprint density at radius 3 is 1.68 bits per heavy atom. The van der Waals surface area contributed by atoms with Gasteiger partial charge in [-0.25, -0.2) is 4.79 Å². The van der Waals surface area contributed by atoms with Crippen LogP contribution in [0.3, 0.4) is 0 Å². The molecule has 0 aromatic heterocycles. The number of carboxylic acid groups (broad SMARTS) is 2. The van der Waals surface area contributed by atoms with E-state index in [2.05, 4.69) is 10.6 Å². The molecule has 2 aromatic carbocycles. The van der Waals surface area contributed by atoms with Crippen LogP contribution in [0.5, 0.6) is 0 Å². The lowest BCUT2D eigenvalue weighted by Crippen LogP contribution is -2.53. The summed E-state index contributed by atoms with van der Waals surface area (Å²) in [5, 5.41) is 23.4. The molecule has 0 aliphatic heterocycles. The number of carbonyl (C=O) groups is 4. The number of benzene rings is 2. The van der Waals surface area contributed by atoms with Crippen LogP contribution in [-0.4, -0.2) is 52.1 Å². The fraction of sp³-hybridized carbons (Fsp3) is 0.273. The van der Waals surface area contributed by atoms with E-state index < -0.39 is 48.3 Å². The van der Waals surface area contributed by atoms with Gasteiger partial charge in [-0.1, -0.05) is 60.7 Å². The molecular weight excluding hydrogens is 402 g/mol. The molecule has 164 valence electrons. The molecule has 2 amide bonds. The van der Waals surface area contributed by atoms with Crippen LogP contribution in [0.25, 0.3) is 0 Å². The molecular formula is C22H25N3O6. The van der Waals surface area contributed by atoms with Crippen molar-refractivity contribution in [3.8, 4) is 0 Å². The normalized spacial score (nSPS) is 13.5. The van der Waals surface area contributed by atoms with Gasteiger partial charge in [0.05, 0.1) is 6.42 Å². The summed E-state index contributed by atoms with van der Waals surface area (Å²) >= 11 is 0. The summed E-state index contributed by atoms with van der Waals surface area (Å²) in [6.45, 7) is 0. The second kappa shape index (κ2) is 11.5. The maximum Gasteiger partial charge on any atom is 0.326 e. The fourth-order valence-electron chi connectivity index (χ4n) is 2.92. The first-order valence-corrected chi connectivity index (χ1v) is 9.65. The average Bonchev–Trinajstić information content (AvgIpc) is 2.74. The van der Waals surface area contributed by atoms with Crippen molar-refractivity contribution in [1.29, 1.82) is 0 Å². The number of hydrogen-bond acceptors (Lipinski definition) is 5. The summed E-state index contributed by atoms with van der Waals surface area (Å²) in [4.78, 5) is 47.7. The van der Waals surface area contributed by atoms with Gasteiger partial charge in [-0.05, 0) is 11.1 Å². The topological polar surface area (TPSA) is 159 Å². The van der Waals surface area contributed by atoms with Crippen molar-refractivity contribution in [1.82, 2.24) is 10.6 Å². The largest absolute Gasteiger partial charge is 0.480 e. The summed E-state index contributed by atoms with van der Waals surface area (Å²) < 4.78 is 0. The van der Waals surface area contributed by atoms with E-state index in [1.165, 1.54) is 0 Å². The van der Waals surface area contributed by atoms with Crippen molar-refractivity contribution >= 4 is 23.8 Å². The maximum atomic E-state index is 12.9. The van der Waals surface area contributed by atoms with Gasteiger partial charge in [-0.15, -0.1) is 0 Å². The lowest BCUT2D eigenvalue weighted by Gasteiger charge is -2.22. The molecule has 2 rings (SSSR count). The summed E-state index contributed by atoms with van der Waals surface area (Å²) in [6, 6.07) is 13.9. The minimum Gasteiger partial charge on any atom is -0.480 e. The number of carboxylic acids is 2. The van der Waals surface area contributed by atoms with Gasteiger partial charge in [0.25, 0.3) is 0 Å². The molecule has 2 aromatic rings. The summed E-state index contributed by atoms with van der Waals surface area (Å²) in [6.07, 6.45) is -0.351. The van der Waals surface area contributed by atoms with Crippen LogP contribution in [0, 0.1) is 0 Å². The molecule has 0 unspecified atom stereocenters. The molecule has 0 radical (unpaired) electrons. The van der Waals surface area contributed by atoms with Crippen LogP contribution in [0.1, 0.15) is 17.5 Å². The number of amides is 2. The van der Waals surface area contributed by atoms with E-state index >= 15 is 0 Å². The first-order valence-electron chi connectivity index (χ1n) is 9.65. The highest BCUT2D eigenvalue weighted by molar-refractivity contribution is 5.92. The van der Waals surface area contributed by atoms with Crippen LogP contribution in [-0.2, 0) is 32.0 Å². The zero-order valence-corrected chi connectivity index (χ0v) is 16.7. The molecule has 31 heavy (non-hydrogen) atoms. The molecule has 0 heterocycles. The zero-order valence-electron chi connectivity index (χ0n) is 16.7. The molecule has 0 saturated heterocycles. The number of rotatable bonds is 11. The third kappa shape index (κ3) is 7.90. The molecule has 6 N–H and O–H groups in total. The highest BCUT2D eigenvalue weighted by Crippen LogP contribution is 2.07. The van der Waals surface area contributed by atoms with Crippen LogP contribution >= 0.6 is 0 Å². The highest BCUT2D eigenvalue weighted by atomic mass is 16.4. The molecule has 0 aliphatic rings. The van der Waals surface area contributed by atoms with E-state index in [4.69, 9.17) is 10.8 Å². The van der Waals surface area contributed by atoms with Crippen LogP contribution in [0.2, 0.25) is 0 Å². The van der Waals surface area contributed by atoms with Crippen molar-refractivity contribution in [3.63, 3.8) is 0 Å². The van der Waals surface area contributed by atoms with Gasteiger partial charge >= 0.3 is 11.9 Å². The Kier molecular flexibility index (Phi) is 8.71. The smallest absolute Gasteiger partial charge is 0.326 e. The Hall–Kier alpha value is -3.72. The van der Waals surface area contributed by atoms with E-state index in [1.54, 1.807) is 60.7 Å². The van der Waals surface area contributed by atoms with Gasteiger partial charge in [-0.3, -0.25) is 14.4 Å². The summed E-state index contributed by atoms with van der Waals surface area (Å²) in [5.41, 5.74) is 6.85. The third-order valence-corrected chi connectivity index (χ3v) is 4.55. The number of aliphatic carboxylic acids is 2. The van der Waals surface area contributed by atoms with Crippen molar-refractivity contribution in [2.24, 2.45) is 5.73 Å². The lowest BCUT2D eigenvalue weighted by molar-refractivity contribution is -0.142. The van der Waals surface area contributed by atoms with E-state index in [1.807, 2.05) is 0 Å². The zero-order chi connectivity index (χ0) is 22.8. The Balaban J connectivity index is 2.14. The van der Waals surface area contributed by atoms with Crippen LogP contribution < -0.4 is 16.4 Å². The number of nitrogens with two attached hydrogens (primary N) is 1. The second-order valence-corrected chi connectivity index (χ2v) is 7.05. The second-order valence-electron chi connectivity index (χ2n) is 7.05. The molecule has 0 fully saturated rings. The van der Waals surface area contributed by atoms with Gasteiger partial charge in [0.1, 0.15) is 18.1 Å². The average molecular weight is 427 g/mol. The molecule has 0 saturated carbocycles. The monoisotopic (exact) mass is 427 g/mol. The Bertz CT molecular complexity index is 904. The van der Waals surface area contributed by atoms with Crippen LogP contribution in [0.4, 0.5) is 0 Å². The quantitative estimate of drug-likeness (QED) is 0.345. The molecule has 0 spiro atoms. The number of carbonyl (C=O) groups excluding carboxylic acids is 2. The third-order valence-electron chi connectivity index (χ3n) is 4.55. The lowest BCUT2D eigenvalue weighted by atomic mass is 10.0. The predicted molar refractivity (Wildman–Crippen MR) is 112 cm³/mol. The van der Waals surface area contributed by atoms with Crippen LogP contribution in [0.15, 0.2) is 60.7 Å². The molecule has 0 bridgehead atoms. The molecule has 9 nitrogen and oxygen atoms in total. The SMILES string of the molecule is N[C@@H](CC(=O)N[C@@H](Cc1ccccc1)C(=O)N[C@@H](Cc1ccccc1)C(=O)O)C(=O)O. The van der Waals surface area contributed by atoms with E-state index in [9.17, 15) is 24.3 Å². The van der Waals surface area contributed by atoms with Crippen molar-refractivity contribution in [2.75, 3.05) is 0 Å². The Morgan fingerprint density at radius 1 is 0.742 bits per heavy atom. The van der Waals surface area contributed by atoms with Crippen molar-refractivity contribution in [3.05, 3.63) is 71.8 Å². The van der Waals surface area contributed by atoms with E-state index in [0.29, 0.717) is 0 Å². The highest BCUT2D eigenvalue weighted by Gasteiger charge is 2.28. The van der Waals surface area contributed by atoms with Gasteiger partial charge < -0.3 is 26.6 Å². The molecule has 0 aliphatic carbocycles. The van der Waals surface area contributed by atoms with E-state index in [0.717, 1.165) is 11.1 Å². The standard InChI is InChI=1S/C22H25N3O6/c23-16(21(28)29)13-19(26)24-17(11-14-7-3-1-4-8-14)20(27)25-18(22(30)31)12-15-9-5-2-6-10-15/h1-10,16-18H,11-13,23H2,(H,24,26)(H,25,27)(H,28,29)(H,30,31)/t16-,17-,18-/m0/s1. The van der Waals surface area contributed by atoms with Crippen molar-refractivity contribution in [2.45, 2.75) is 37.4 Å². The van der Waals surface area contributed by atoms with E-state index in [-0.39, 0.29) is 12.8 Å². The first-order chi connectivity index (χ1) is 14.8. The maximum absolute atomic E-state index is 12.9. The fourth-order valence-corrected chi connectivity index (χ4v) is 2.92. The summed E-state index contributed by atoms with van der Waals surface area (Å²) in [5.74, 6) is -3.96. The predicted octanol–water partition coefficient (Wildman–Crippen LogP) is 0.328. The minimum atomic E-state index is -1.41. The van der Waals surface area contributed by atoms with Gasteiger partial charge in [0.15, 0.2) is 0 Å². The van der Waals surface area contributed by atoms with Gasteiger partial charge in [0, 0.05) is 12.8 Å².